The van der Waals surface area contributed by atoms with Crippen LogP contribution < -0.4 is 10.1 Å². The van der Waals surface area contributed by atoms with E-state index in [1.165, 1.54) is 0 Å². The molecule has 1 atom stereocenters. The molecule has 1 fully saturated rings. The first kappa shape index (κ1) is 14.3. The Morgan fingerprint density at radius 3 is 2.47 bits per heavy atom. The van der Waals surface area contributed by atoms with Gasteiger partial charge in [-0.25, -0.2) is 0 Å². The number of rotatable bonds is 5. The summed E-state index contributed by atoms with van der Waals surface area (Å²) in [5.41, 5.74) is 0.122. The summed E-state index contributed by atoms with van der Waals surface area (Å²) < 4.78 is 5.42. The second-order valence-corrected chi connectivity index (χ2v) is 5.26. The lowest BCUT2D eigenvalue weighted by atomic mass is 9.95. The second-order valence-electron chi connectivity index (χ2n) is 5.26. The van der Waals surface area contributed by atoms with Crippen molar-refractivity contribution in [1.29, 1.82) is 0 Å². The molecule has 1 heterocycles. The Morgan fingerprint density at radius 2 is 1.89 bits per heavy atom. The normalized spacial score (nSPS) is 19.9. The van der Waals surface area contributed by atoms with Crippen LogP contribution in [-0.4, -0.2) is 49.3 Å². The molecule has 4 nitrogen and oxygen atoms in total. The number of ether oxygens (including phenoxy) is 1. The van der Waals surface area contributed by atoms with Crippen molar-refractivity contribution < 1.29 is 9.84 Å². The van der Waals surface area contributed by atoms with Crippen molar-refractivity contribution in [2.24, 2.45) is 0 Å². The van der Waals surface area contributed by atoms with Gasteiger partial charge in [-0.3, -0.25) is 4.90 Å². The number of nitrogens with one attached hydrogen (secondary N) is 1. The standard InChI is InChI=1S/C15H24N2O2/c1-3-19-14-6-4-13(5-7-14)15(2,18)12-17-10-8-16-9-11-17/h4-7,16,18H,3,8-12H2,1-2H3. The molecule has 0 spiro atoms. The van der Waals surface area contributed by atoms with Crippen molar-refractivity contribution >= 4 is 0 Å². The Labute approximate surface area is 115 Å². The first-order valence-corrected chi connectivity index (χ1v) is 7.00. The summed E-state index contributed by atoms with van der Waals surface area (Å²) in [4.78, 5) is 2.30. The van der Waals surface area contributed by atoms with Gasteiger partial charge in [0, 0.05) is 32.7 Å². The van der Waals surface area contributed by atoms with Gasteiger partial charge >= 0.3 is 0 Å². The Balaban J connectivity index is 2.00. The molecule has 1 aromatic rings. The van der Waals surface area contributed by atoms with Crippen molar-refractivity contribution in [2.75, 3.05) is 39.3 Å². The summed E-state index contributed by atoms with van der Waals surface area (Å²) in [7, 11) is 0. The van der Waals surface area contributed by atoms with E-state index in [1.54, 1.807) is 0 Å². The Bertz CT molecular complexity index is 384. The van der Waals surface area contributed by atoms with Crippen molar-refractivity contribution in [1.82, 2.24) is 10.2 Å². The van der Waals surface area contributed by atoms with Crippen LogP contribution in [0.15, 0.2) is 24.3 Å². The lowest BCUT2D eigenvalue weighted by Crippen LogP contribution is -2.48. The molecule has 106 valence electrons. The summed E-state index contributed by atoms with van der Waals surface area (Å²) in [6.07, 6.45) is 0. The molecule has 0 bridgehead atoms. The highest BCUT2D eigenvalue weighted by Crippen LogP contribution is 2.24. The monoisotopic (exact) mass is 264 g/mol. The molecule has 1 aliphatic rings. The summed E-state index contributed by atoms with van der Waals surface area (Å²) in [5.74, 6) is 0.851. The Morgan fingerprint density at radius 1 is 1.26 bits per heavy atom. The van der Waals surface area contributed by atoms with Crippen molar-refractivity contribution in [3.05, 3.63) is 29.8 Å². The van der Waals surface area contributed by atoms with Crippen LogP contribution in [0.1, 0.15) is 19.4 Å². The molecule has 2 rings (SSSR count). The third-order valence-corrected chi connectivity index (χ3v) is 3.53. The first-order chi connectivity index (χ1) is 9.12. The molecule has 1 unspecified atom stereocenters. The SMILES string of the molecule is CCOc1ccc(C(C)(O)CN2CCNCC2)cc1. The highest BCUT2D eigenvalue weighted by atomic mass is 16.5. The second kappa shape index (κ2) is 6.37. The predicted molar refractivity (Wildman–Crippen MR) is 76.5 cm³/mol. The lowest BCUT2D eigenvalue weighted by molar-refractivity contribution is 0.0126. The van der Waals surface area contributed by atoms with E-state index in [1.807, 2.05) is 38.1 Å². The van der Waals surface area contributed by atoms with Crippen LogP contribution in [0.25, 0.3) is 0 Å². The topological polar surface area (TPSA) is 44.7 Å². The third kappa shape index (κ3) is 3.93. The molecule has 1 saturated heterocycles. The molecular formula is C15H24N2O2. The molecule has 19 heavy (non-hydrogen) atoms. The fourth-order valence-corrected chi connectivity index (χ4v) is 2.47. The minimum atomic E-state index is -0.817. The van der Waals surface area contributed by atoms with E-state index < -0.39 is 5.60 Å². The van der Waals surface area contributed by atoms with E-state index in [4.69, 9.17) is 4.74 Å². The minimum absolute atomic E-state index is 0.663. The van der Waals surface area contributed by atoms with E-state index in [9.17, 15) is 5.11 Å². The van der Waals surface area contributed by atoms with Gasteiger partial charge in [-0.1, -0.05) is 12.1 Å². The highest BCUT2D eigenvalue weighted by Gasteiger charge is 2.26. The molecule has 0 aromatic heterocycles. The van der Waals surface area contributed by atoms with E-state index in [-0.39, 0.29) is 0 Å². The van der Waals surface area contributed by atoms with E-state index in [0.717, 1.165) is 37.5 Å². The zero-order valence-corrected chi connectivity index (χ0v) is 11.9. The summed E-state index contributed by atoms with van der Waals surface area (Å²) in [6, 6.07) is 7.75. The summed E-state index contributed by atoms with van der Waals surface area (Å²) in [6.45, 7) is 9.16. The van der Waals surface area contributed by atoms with Gasteiger partial charge in [-0.15, -0.1) is 0 Å². The van der Waals surface area contributed by atoms with E-state index in [0.29, 0.717) is 13.2 Å². The van der Waals surface area contributed by atoms with Gasteiger partial charge in [0.25, 0.3) is 0 Å². The van der Waals surface area contributed by atoms with Crippen molar-refractivity contribution in [3.63, 3.8) is 0 Å². The number of aliphatic hydroxyl groups is 1. The van der Waals surface area contributed by atoms with Crippen molar-refractivity contribution in [2.45, 2.75) is 19.4 Å². The number of hydrogen-bond donors (Lipinski definition) is 2. The van der Waals surface area contributed by atoms with Gasteiger partial charge in [0.2, 0.25) is 0 Å². The van der Waals surface area contributed by atoms with Crippen LogP contribution in [0.5, 0.6) is 5.75 Å². The van der Waals surface area contributed by atoms with Gasteiger partial charge in [0.1, 0.15) is 5.75 Å². The largest absolute Gasteiger partial charge is 0.494 e. The molecule has 0 amide bonds. The number of β-amino-alcohol motifs (C(OH)–C–C–N with tert-alkyl or cyclic N) is 1. The molecule has 0 aliphatic carbocycles. The maximum absolute atomic E-state index is 10.7. The van der Waals surface area contributed by atoms with Gasteiger partial charge in [-0.05, 0) is 31.5 Å². The third-order valence-electron chi connectivity index (χ3n) is 3.53. The fourth-order valence-electron chi connectivity index (χ4n) is 2.47. The van der Waals surface area contributed by atoms with Crippen molar-refractivity contribution in [3.8, 4) is 5.75 Å². The smallest absolute Gasteiger partial charge is 0.119 e. The lowest BCUT2D eigenvalue weighted by Gasteiger charge is -2.34. The van der Waals surface area contributed by atoms with Crippen LogP contribution in [0.2, 0.25) is 0 Å². The molecule has 0 radical (unpaired) electrons. The van der Waals surface area contributed by atoms with Gasteiger partial charge < -0.3 is 15.2 Å². The van der Waals surface area contributed by atoms with Crippen LogP contribution in [0.4, 0.5) is 0 Å². The zero-order valence-electron chi connectivity index (χ0n) is 11.9. The van der Waals surface area contributed by atoms with Crippen LogP contribution in [0.3, 0.4) is 0 Å². The van der Waals surface area contributed by atoms with Crippen LogP contribution in [-0.2, 0) is 5.60 Å². The molecule has 0 saturated carbocycles. The molecule has 4 heteroatoms. The Kier molecular flexibility index (Phi) is 4.80. The Hall–Kier alpha value is -1.10. The fraction of sp³-hybridized carbons (Fsp3) is 0.600. The minimum Gasteiger partial charge on any atom is -0.494 e. The van der Waals surface area contributed by atoms with Crippen LogP contribution in [0, 0.1) is 0 Å². The average molecular weight is 264 g/mol. The molecule has 1 aromatic carbocycles. The molecule has 2 N–H and O–H groups in total. The van der Waals surface area contributed by atoms with E-state index >= 15 is 0 Å². The van der Waals surface area contributed by atoms with Crippen LogP contribution >= 0.6 is 0 Å². The number of benzene rings is 1. The highest BCUT2D eigenvalue weighted by molar-refractivity contribution is 5.30. The van der Waals surface area contributed by atoms with Gasteiger partial charge in [0.05, 0.1) is 12.2 Å². The number of hydrogen-bond acceptors (Lipinski definition) is 4. The predicted octanol–water partition coefficient (Wildman–Crippen LogP) is 1.20. The van der Waals surface area contributed by atoms with E-state index in [2.05, 4.69) is 10.2 Å². The maximum Gasteiger partial charge on any atom is 0.119 e. The van der Waals surface area contributed by atoms with Gasteiger partial charge in [0.15, 0.2) is 0 Å². The number of piperazine rings is 1. The molecular weight excluding hydrogens is 240 g/mol. The molecule has 1 aliphatic heterocycles. The first-order valence-electron chi connectivity index (χ1n) is 7.00. The summed E-state index contributed by atoms with van der Waals surface area (Å²) >= 11 is 0. The maximum atomic E-state index is 10.7. The number of nitrogens with zero attached hydrogens (tertiary/aromatic N) is 1. The summed E-state index contributed by atoms with van der Waals surface area (Å²) in [5, 5.41) is 14.0. The quantitative estimate of drug-likeness (QED) is 0.839. The van der Waals surface area contributed by atoms with Gasteiger partial charge in [-0.2, -0.15) is 0 Å². The zero-order chi connectivity index (χ0) is 13.7. The average Bonchev–Trinajstić information content (AvgIpc) is 2.40.